The van der Waals surface area contributed by atoms with E-state index in [2.05, 4.69) is 46.5 Å². The van der Waals surface area contributed by atoms with Gasteiger partial charge in [0.05, 0.1) is 0 Å². The second-order valence-electron chi connectivity index (χ2n) is 6.33. The number of carbonyl (C=O) groups excluding carboxylic acids is 1. The fourth-order valence-corrected chi connectivity index (χ4v) is 2.63. The van der Waals surface area contributed by atoms with E-state index in [4.69, 9.17) is 0 Å². The third-order valence-electron chi connectivity index (χ3n) is 4.12. The maximum absolute atomic E-state index is 12.2. The quantitative estimate of drug-likeness (QED) is 0.724. The van der Waals surface area contributed by atoms with Gasteiger partial charge in [0, 0.05) is 49.4 Å². The molecule has 0 spiro atoms. The van der Waals surface area contributed by atoms with Crippen molar-refractivity contribution in [2.24, 2.45) is 0 Å². The molecule has 0 unspecified atom stereocenters. The first-order chi connectivity index (χ1) is 12.5. The van der Waals surface area contributed by atoms with Crippen molar-refractivity contribution in [2.45, 2.75) is 13.8 Å². The number of hydrogen-bond donors (Lipinski definition) is 2. The minimum Gasteiger partial charge on any atom is -0.372 e. The number of hydrogen-bond acceptors (Lipinski definition) is 5. The van der Waals surface area contributed by atoms with E-state index in [9.17, 15) is 4.79 Å². The van der Waals surface area contributed by atoms with Crippen LogP contribution in [0.25, 0.3) is 0 Å². The van der Waals surface area contributed by atoms with Crippen molar-refractivity contribution in [1.82, 2.24) is 15.2 Å². The fraction of sp³-hybridized carbons (Fsp3) is 0.400. The average Bonchev–Trinajstić information content (AvgIpc) is 2.64. The smallest absolute Gasteiger partial charge is 0.269 e. The van der Waals surface area contributed by atoms with Crippen LogP contribution in [-0.4, -0.2) is 56.1 Å². The zero-order valence-corrected chi connectivity index (χ0v) is 16.1. The highest BCUT2D eigenvalue weighted by Crippen LogP contribution is 2.21. The van der Waals surface area contributed by atoms with E-state index in [0.29, 0.717) is 12.2 Å². The molecule has 2 aromatic rings. The molecule has 1 aromatic carbocycles. The summed E-state index contributed by atoms with van der Waals surface area (Å²) in [7, 11) is 3.95. The molecule has 0 aliphatic carbocycles. The van der Waals surface area contributed by atoms with Gasteiger partial charge in [-0.2, -0.15) is 0 Å². The number of likely N-dealkylation sites (N-methyl/N-ethyl adjacent to an activating group) is 1. The van der Waals surface area contributed by atoms with Crippen LogP contribution in [-0.2, 0) is 0 Å². The third-order valence-corrected chi connectivity index (χ3v) is 4.12. The van der Waals surface area contributed by atoms with Gasteiger partial charge >= 0.3 is 0 Å². The Balaban J connectivity index is 2.00. The van der Waals surface area contributed by atoms with Crippen LogP contribution in [0, 0.1) is 0 Å². The van der Waals surface area contributed by atoms with Crippen LogP contribution < -0.4 is 15.5 Å². The average molecular weight is 355 g/mol. The van der Waals surface area contributed by atoms with Gasteiger partial charge < -0.3 is 20.4 Å². The summed E-state index contributed by atoms with van der Waals surface area (Å²) in [6.07, 6.45) is 1.65. The predicted molar refractivity (Wildman–Crippen MR) is 108 cm³/mol. The summed E-state index contributed by atoms with van der Waals surface area (Å²) in [5.41, 5.74) is 3.43. The standard InChI is InChI=1S/C20H29N5O/c1-5-25(6-2)18-9-7-16(8-10-18)23-17-11-12-21-19(15-17)20(26)22-13-14-24(3)4/h7-12,15H,5-6,13-14H2,1-4H3,(H,21,23)(H,22,26). The number of pyridine rings is 1. The Hall–Kier alpha value is -2.60. The number of carbonyl (C=O) groups is 1. The van der Waals surface area contributed by atoms with Gasteiger partial charge in [0.15, 0.2) is 0 Å². The molecule has 0 saturated carbocycles. The molecule has 1 amide bonds. The summed E-state index contributed by atoms with van der Waals surface area (Å²) in [5.74, 6) is -0.160. The highest BCUT2D eigenvalue weighted by molar-refractivity contribution is 5.93. The lowest BCUT2D eigenvalue weighted by Crippen LogP contribution is -2.31. The van der Waals surface area contributed by atoms with Crippen molar-refractivity contribution < 1.29 is 4.79 Å². The van der Waals surface area contributed by atoms with E-state index in [1.807, 2.05) is 37.2 Å². The van der Waals surface area contributed by atoms with E-state index in [-0.39, 0.29) is 5.91 Å². The molecule has 6 heteroatoms. The number of anilines is 3. The van der Waals surface area contributed by atoms with Gasteiger partial charge in [-0.15, -0.1) is 0 Å². The van der Waals surface area contributed by atoms with Crippen molar-refractivity contribution in [1.29, 1.82) is 0 Å². The van der Waals surface area contributed by atoms with Crippen LogP contribution >= 0.6 is 0 Å². The lowest BCUT2D eigenvalue weighted by Gasteiger charge is -2.21. The van der Waals surface area contributed by atoms with E-state index >= 15 is 0 Å². The first-order valence-electron chi connectivity index (χ1n) is 9.04. The second kappa shape index (κ2) is 9.77. The van der Waals surface area contributed by atoms with E-state index in [1.165, 1.54) is 5.69 Å². The van der Waals surface area contributed by atoms with Crippen LogP contribution in [0.1, 0.15) is 24.3 Å². The lowest BCUT2D eigenvalue weighted by molar-refractivity contribution is 0.0946. The topological polar surface area (TPSA) is 60.5 Å². The van der Waals surface area contributed by atoms with E-state index in [0.717, 1.165) is 31.0 Å². The number of amides is 1. The molecule has 26 heavy (non-hydrogen) atoms. The monoisotopic (exact) mass is 355 g/mol. The molecule has 0 radical (unpaired) electrons. The number of nitrogens with zero attached hydrogens (tertiary/aromatic N) is 3. The Labute approximate surface area is 156 Å². The van der Waals surface area contributed by atoms with Gasteiger partial charge in [0.2, 0.25) is 0 Å². The van der Waals surface area contributed by atoms with Crippen molar-refractivity contribution in [3.8, 4) is 0 Å². The molecule has 1 heterocycles. The van der Waals surface area contributed by atoms with Gasteiger partial charge in [0.25, 0.3) is 5.91 Å². The van der Waals surface area contributed by atoms with Gasteiger partial charge in [-0.05, 0) is 64.3 Å². The Morgan fingerprint density at radius 2 is 1.73 bits per heavy atom. The molecular formula is C20H29N5O. The van der Waals surface area contributed by atoms with Crippen molar-refractivity contribution in [3.63, 3.8) is 0 Å². The molecule has 0 aliphatic heterocycles. The third kappa shape index (κ3) is 5.74. The second-order valence-corrected chi connectivity index (χ2v) is 6.33. The minimum absolute atomic E-state index is 0.160. The van der Waals surface area contributed by atoms with Crippen LogP contribution in [0.2, 0.25) is 0 Å². The van der Waals surface area contributed by atoms with Crippen LogP contribution in [0.3, 0.4) is 0 Å². The molecule has 1 aromatic heterocycles. The maximum atomic E-state index is 12.2. The van der Waals surface area contributed by atoms with Crippen molar-refractivity contribution in [3.05, 3.63) is 48.3 Å². The van der Waals surface area contributed by atoms with Gasteiger partial charge in [-0.1, -0.05) is 0 Å². The SMILES string of the molecule is CCN(CC)c1ccc(Nc2ccnc(C(=O)NCCN(C)C)c2)cc1. The molecule has 0 aliphatic rings. The van der Waals surface area contributed by atoms with E-state index < -0.39 is 0 Å². The molecule has 2 N–H and O–H groups in total. The van der Waals surface area contributed by atoms with Crippen molar-refractivity contribution >= 4 is 23.0 Å². The number of aromatic nitrogens is 1. The Morgan fingerprint density at radius 1 is 1.04 bits per heavy atom. The van der Waals surface area contributed by atoms with Gasteiger partial charge in [-0.3, -0.25) is 9.78 Å². The summed E-state index contributed by atoms with van der Waals surface area (Å²) in [6, 6.07) is 11.9. The summed E-state index contributed by atoms with van der Waals surface area (Å²) in [4.78, 5) is 20.7. The molecule has 0 saturated heterocycles. The zero-order valence-electron chi connectivity index (χ0n) is 16.1. The number of rotatable bonds is 9. The normalized spacial score (nSPS) is 10.7. The van der Waals surface area contributed by atoms with Gasteiger partial charge in [0.1, 0.15) is 5.69 Å². The molecule has 140 valence electrons. The largest absolute Gasteiger partial charge is 0.372 e. The maximum Gasteiger partial charge on any atom is 0.269 e. The molecule has 0 atom stereocenters. The minimum atomic E-state index is -0.160. The van der Waals surface area contributed by atoms with Crippen LogP contribution in [0.15, 0.2) is 42.6 Å². The first kappa shape index (κ1) is 19.7. The molecule has 2 rings (SSSR count). The summed E-state index contributed by atoms with van der Waals surface area (Å²) < 4.78 is 0. The summed E-state index contributed by atoms with van der Waals surface area (Å²) >= 11 is 0. The Morgan fingerprint density at radius 3 is 2.35 bits per heavy atom. The number of nitrogens with one attached hydrogen (secondary N) is 2. The number of benzene rings is 1. The Bertz CT molecular complexity index is 696. The molecular weight excluding hydrogens is 326 g/mol. The fourth-order valence-electron chi connectivity index (χ4n) is 2.63. The first-order valence-corrected chi connectivity index (χ1v) is 9.04. The summed E-state index contributed by atoms with van der Waals surface area (Å²) in [6.45, 7) is 7.66. The molecule has 0 fully saturated rings. The Kier molecular flexibility index (Phi) is 7.41. The predicted octanol–water partition coefficient (Wildman–Crippen LogP) is 2.96. The summed E-state index contributed by atoms with van der Waals surface area (Å²) in [5, 5.41) is 6.21. The van der Waals surface area contributed by atoms with Gasteiger partial charge in [-0.25, -0.2) is 0 Å². The molecule has 6 nitrogen and oxygen atoms in total. The highest BCUT2D eigenvalue weighted by atomic mass is 16.1. The van der Waals surface area contributed by atoms with Crippen LogP contribution in [0.4, 0.5) is 17.1 Å². The highest BCUT2D eigenvalue weighted by Gasteiger charge is 2.08. The molecule has 0 bridgehead atoms. The van der Waals surface area contributed by atoms with E-state index in [1.54, 1.807) is 12.3 Å². The lowest BCUT2D eigenvalue weighted by atomic mass is 10.2. The van der Waals surface area contributed by atoms with Crippen molar-refractivity contribution in [2.75, 3.05) is 50.5 Å². The van der Waals surface area contributed by atoms with Crippen LogP contribution in [0.5, 0.6) is 0 Å². The zero-order chi connectivity index (χ0) is 18.9.